The van der Waals surface area contributed by atoms with E-state index in [1.54, 1.807) is 0 Å². The van der Waals surface area contributed by atoms with Crippen molar-refractivity contribution in [1.82, 2.24) is 5.32 Å². The van der Waals surface area contributed by atoms with Crippen LogP contribution in [0.3, 0.4) is 0 Å². The Hall–Kier alpha value is -1.40. The van der Waals surface area contributed by atoms with Crippen LogP contribution in [0.15, 0.2) is 16.6 Å². The van der Waals surface area contributed by atoms with Crippen LogP contribution >= 0.6 is 15.9 Å². The number of hydrogen-bond acceptors (Lipinski definition) is 4. The number of aliphatic hydroxyl groups is 1. The minimum atomic E-state index is -0.979. The van der Waals surface area contributed by atoms with Gasteiger partial charge in [0.05, 0.1) is 13.5 Å². The molecule has 0 radical (unpaired) electrons. The first kappa shape index (κ1) is 20.9. The minimum absolute atomic E-state index is 0.114. The number of methoxy groups -OCH3 is 1. The molecule has 1 amide bonds. The average Bonchev–Trinajstić information content (AvgIpc) is 2.63. The zero-order chi connectivity index (χ0) is 19.3. The Kier molecular flexibility index (Phi) is 7.24. The summed E-state index contributed by atoms with van der Waals surface area (Å²) in [7, 11) is 1.35. The highest BCUT2D eigenvalue weighted by Crippen LogP contribution is 2.33. The van der Waals surface area contributed by atoms with Gasteiger partial charge in [-0.2, -0.15) is 0 Å². The molecular weight excluding hydrogens is 398 g/mol. The summed E-state index contributed by atoms with van der Waals surface area (Å²) in [4.78, 5) is 25.2. The molecule has 1 aliphatic rings. The van der Waals surface area contributed by atoms with E-state index in [1.165, 1.54) is 7.11 Å². The zero-order valence-electron chi connectivity index (χ0n) is 15.7. The molecule has 0 spiro atoms. The van der Waals surface area contributed by atoms with Gasteiger partial charge in [-0.05, 0) is 73.8 Å². The molecule has 0 atom stereocenters. The molecule has 0 aliphatic heterocycles. The summed E-state index contributed by atoms with van der Waals surface area (Å²) in [6.07, 6.45) is 3.47. The van der Waals surface area contributed by atoms with Gasteiger partial charge in [-0.1, -0.05) is 22.9 Å². The fraction of sp³-hybridized carbons (Fsp3) is 0.600. The summed E-state index contributed by atoms with van der Waals surface area (Å²) in [6.45, 7) is 4.17. The standard InChI is InChI=1S/C20H28BrNO4/c1-4-15-10-16(21)9-13(2)17(15)11-18(24)22-20(19(25)26-3)7-5-14(12-23)6-8-20/h9-10,14,23H,4-8,11-12H2,1-3H3,(H,22,24). The molecular formula is C20H28BrNO4. The Labute approximate surface area is 163 Å². The first-order valence-corrected chi connectivity index (χ1v) is 9.92. The van der Waals surface area contributed by atoms with Crippen LogP contribution in [-0.2, 0) is 27.2 Å². The number of ether oxygens (including phenoxy) is 1. The molecule has 1 aromatic rings. The normalized spacial score (nSPS) is 22.7. The molecule has 1 fully saturated rings. The first-order chi connectivity index (χ1) is 12.3. The third kappa shape index (κ3) is 4.65. The number of carbonyl (C=O) groups excluding carboxylic acids is 2. The average molecular weight is 426 g/mol. The van der Waals surface area contributed by atoms with Gasteiger partial charge in [-0.15, -0.1) is 0 Å². The quantitative estimate of drug-likeness (QED) is 0.686. The summed E-state index contributed by atoms with van der Waals surface area (Å²) < 4.78 is 5.98. The van der Waals surface area contributed by atoms with Crippen molar-refractivity contribution < 1.29 is 19.4 Å². The summed E-state index contributed by atoms with van der Waals surface area (Å²) in [5.74, 6) is -0.381. The molecule has 0 unspecified atom stereocenters. The topological polar surface area (TPSA) is 75.6 Å². The number of aryl methyl sites for hydroxylation is 2. The predicted molar refractivity (Wildman–Crippen MR) is 104 cm³/mol. The molecule has 1 aliphatic carbocycles. The van der Waals surface area contributed by atoms with Gasteiger partial charge in [-0.25, -0.2) is 4.79 Å². The number of nitrogens with one attached hydrogen (secondary N) is 1. The number of carbonyl (C=O) groups is 2. The van der Waals surface area contributed by atoms with E-state index in [4.69, 9.17) is 4.74 Å². The minimum Gasteiger partial charge on any atom is -0.467 e. The lowest BCUT2D eigenvalue weighted by Gasteiger charge is -2.38. The van der Waals surface area contributed by atoms with E-state index in [1.807, 2.05) is 19.1 Å². The molecule has 2 N–H and O–H groups in total. The van der Waals surface area contributed by atoms with Crippen LogP contribution in [0.4, 0.5) is 0 Å². The molecule has 1 aromatic carbocycles. The molecule has 6 heteroatoms. The van der Waals surface area contributed by atoms with Crippen LogP contribution in [0.2, 0.25) is 0 Å². The summed E-state index contributed by atoms with van der Waals surface area (Å²) >= 11 is 3.50. The second-order valence-electron chi connectivity index (χ2n) is 7.14. The van der Waals surface area contributed by atoms with Crippen molar-refractivity contribution in [3.8, 4) is 0 Å². The molecule has 0 aromatic heterocycles. The Morgan fingerprint density at radius 2 is 2.00 bits per heavy atom. The van der Waals surface area contributed by atoms with E-state index in [0.717, 1.165) is 27.6 Å². The van der Waals surface area contributed by atoms with E-state index in [-0.39, 0.29) is 24.9 Å². The van der Waals surface area contributed by atoms with Gasteiger partial charge in [0.25, 0.3) is 0 Å². The van der Waals surface area contributed by atoms with Crippen molar-refractivity contribution in [2.45, 2.75) is 57.9 Å². The van der Waals surface area contributed by atoms with Crippen LogP contribution < -0.4 is 5.32 Å². The second-order valence-corrected chi connectivity index (χ2v) is 8.05. The fourth-order valence-electron chi connectivity index (χ4n) is 3.81. The van der Waals surface area contributed by atoms with Crippen molar-refractivity contribution in [2.75, 3.05) is 13.7 Å². The smallest absolute Gasteiger partial charge is 0.331 e. The van der Waals surface area contributed by atoms with Crippen molar-refractivity contribution in [2.24, 2.45) is 5.92 Å². The van der Waals surface area contributed by atoms with E-state index >= 15 is 0 Å². The monoisotopic (exact) mass is 425 g/mol. The van der Waals surface area contributed by atoms with Gasteiger partial charge in [0.15, 0.2) is 0 Å². The van der Waals surface area contributed by atoms with Crippen LogP contribution in [0.1, 0.15) is 49.3 Å². The van der Waals surface area contributed by atoms with Crippen LogP contribution in [0.5, 0.6) is 0 Å². The SMILES string of the molecule is CCc1cc(Br)cc(C)c1CC(=O)NC1(C(=O)OC)CCC(CO)CC1. The molecule has 5 nitrogen and oxygen atoms in total. The largest absolute Gasteiger partial charge is 0.467 e. The molecule has 26 heavy (non-hydrogen) atoms. The lowest BCUT2D eigenvalue weighted by atomic mass is 9.76. The molecule has 1 saturated carbocycles. The molecule has 2 rings (SSSR count). The number of hydrogen-bond donors (Lipinski definition) is 2. The second kappa shape index (κ2) is 9.00. The van der Waals surface area contributed by atoms with Crippen LogP contribution in [0, 0.1) is 12.8 Å². The number of aliphatic hydroxyl groups excluding tert-OH is 1. The molecule has 0 bridgehead atoms. The summed E-state index contributed by atoms with van der Waals surface area (Å²) in [5.41, 5.74) is 2.22. The van der Waals surface area contributed by atoms with Crippen LogP contribution in [0.25, 0.3) is 0 Å². The molecule has 0 heterocycles. The number of rotatable bonds is 6. The van der Waals surface area contributed by atoms with Gasteiger partial charge in [0, 0.05) is 11.1 Å². The van der Waals surface area contributed by atoms with Crippen LogP contribution in [-0.4, -0.2) is 36.2 Å². The maximum atomic E-state index is 12.8. The van der Waals surface area contributed by atoms with Crippen molar-refractivity contribution in [1.29, 1.82) is 0 Å². The third-order valence-corrected chi connectivity index (χ3v) is 5.88. The molecule has 144 valence electrons. The van der Waals surface area contributed by atoms with E-state index in [0.29, 0.717) is 25.7 Å². The molecule has 0 saturated heterocycles. The van der Waals surface area contributed by atoms with Gasteiger partial charge >= 0.3 is 5.97 Å². The van der Waals surface area contributed by atoms with Crippen molar-refractivity contribution in [3.63, 3.8) is 0 Å². The fourth-order valence-corrected chi connectivity index (χ4v) is 4.43. The first-order valence-electron chi connectivity index (χ1n) is 9.13. The lowest BCUT2D eigenvalue weighted by molar-refractivity contribution is -0.153. The Morgan fingerprint density at radius 1 is 1.35 bits per heavy atom. The van der Waals surface area contributed by atoms with Gasteiger partial charge in [0.1, 0.15) is 5.54 Å². The Morgan fingerprint density at radius 3 is 2.54 bits per heavy atom. The van der Waals surface area contributed by atoms with Crippen molar-refractivity contribution in [3.05, 3.63) is 33.3 Å². The maximum Gasteiger partial charge on any atom is 0.331 e. The third-order valence-electron chi connectivity index (χ3n) is 5.42. The zero-order valence-corrected chi connectivity index (χ0v) is 17.3. The number of benzene rings is 1. The Bertz CT molecular complexity index is 666. The van der Waals surface area contributed by atoms with E-state index in [9.17, 15) is 14.7 Å². The van der Waals surface area contributed by atoms with Crippen molar-refractivity contribution >= 4 is 27.8 Å². The highest BCUT2D eigenvalue weighted by atomic mass is 79.9. The number of halogens is 1. The summed E-state index contributed by atoms with van der Waals surface area (Å²) in [5, 5.41) is 12.3. The van der Waals surface area contributed by atoms with E-state index < -0.39 is 11.5 Å². The summed E-state index contributed by atoms with van der Waals surface area (Å²) in [6, 6.07) is 4.04. The predicted octanol–water partition coefficient (Wildman–Crippen LogP) is 3.07. The van der Waals surface area contributed by atoms with E-state index in [2.05, 4.69) is 28.2 Å². The Balaban J connectivity index is 2.17. The lowest BCUT2D eigenvalue weighted by Crippen LogP contribution is -2.57. The maximum absolute atomic E-state index is 12.8. The number of esters is 1. The number of amides is 1. The van der Waals surface area contributed by atoms with Gasteiger partial charge < -0.3 is 15.2 Å². The van der Waals surface area contributed by atoms with Gasteiger partial charge in [-0.3, -0.25) is 4.79 Å². The highest BCUT2D eigenvalue weighted by Gasteiger charge is 2.44. The van der Waals surface area contributed by atoms with Gasteiger partial charge in [0.2, 0.25) is 5.91 Å². The highest BCUT2D eigenvalue weighted by molar-refractivity contribution is 9.10.